The van der Waals surface area contributed by atoms with Gasteiger partial charge >= 0.3 is 17.1 Å². The first kappa shape index (κ1) is 61.5. The minimum absolute atomic E-state index is 0. The van der Waals surface area contributed by atoms with Crippen molar-refractivity contribution >= 4 is 66.2 Å². The summed E-state index contributed by atoms with van der Waals surface area (Å²) in [4.78, 5) is 41.5. The molecule has 7 aromatic carbocycles. The molecule has 21 nitrogen and oxygen atoms in total. The van der Waals surface area contributed by atoms with Gasteiger partial charge in [-0.15, -0.1) is 30.0 Å². The molecule has 0 fully saturated rings. The van der Waals surface area contributed by atoms with Crippen molar-refractivity contribution in [3.05, 3.63) is 127 Å². The summed E-state index contributed by atoms with van der Waals surface area (Å²) in [7, 11) is 0. The minimum Gasteiger partial charge on any atom is -0.505 e. The molecule has 0 amide bonds. The number of nitrogens with zero attached hydrogens (tertiary/aromatic N) is 14. The number of unbranched alkanes of at least 4 members (excludes halogenated alkanes) is 4. The third kappa shape index (κ3) is 12.2. The molecule has 2 aliphatic rings. The molecule has 0 atom stereocenters. The number of rotatable bonds is 18. The Labute approximate surface area is 528 Å². The minimum atomic E-state index is -0.527. The Balaban J connectivity index is 0.000000180. The van der Waals surface area contributed by atoms with Crippen molar-refractivity contribution in [1.82, 2.24) is 69.9 Å². The molecule has 12 aromatic rings. The molecule has 8 bridgehead atoms. The van der Waals surface area contributed by atoms with Crippen LogP contribution in [0.25, 0.3) is 123 Å². The van der Waals surface area contributed by atoms with Crippen molar-refractivity contribution in [1.29, 1.82) is 0 Å². The van der Waals surface area contributed by atoms with Crippen molar-refractivity contribution in [2.75, 3.05) is 26.4 Å². The molecule has 0 aliphatic carbocycles. The largest absolute Gasteiger partial charge is 2.00 e. The van der Waals surface area contributed by atoms with Crippen molar-refractivity contribution in [2.24, 2.45) is 0 Å². The predicted octanol–water partition coefficient (Wildman–Crippen LogP) is 14.1. The molecule has 90 heavy (non-hydrogen) atoms. The first-order chi connectivity index (χ1) is 43.7. The summed E-state index contributed by atoms with van der Waals surface area (Å²) in [5, 5.41) is 54.9. The summed E-state index contributed by atoms with van der Waals surface area (Å²) in [5.41, 5.74) is 7.30. The molecule has 22 heteroatoms. The number of aromatic hydroxyl groups is 3. The third-order valence-electron chi connectivity index (χ3n) is 14.9. The van der Waals surface area contributed by atoms with Crippen LogP contribution >= 0.6 is 0 Å². The van der Waals surface area contributed by atoms with Gasteiger partial charge in [-0.1, -0.05) is 164 Å². The molecule has 0 saturated heterocycles. The second kappa shape index (κ2) is 27.5. The summed E-state index contributed by atoms with van der Waals surface area (Å²) in [6.45, 7) is 14.4. The topological polar surface area (TPSA) is 265 Å². The van der Waals surface area contributed by atoms with Crippen LogP contribution in [0.1, 0.15) is 92.9 Å². The maximum absolute atomic E-state index is 11.5. The van der Waals surface area contributed by atoms with Gasteiger partial charge in [0.15, 0.2) is 51.6 Å². The summed E-state index contributed by atoms with van der Waals surface area (Å²) >= 11 is 0. The van der Waals surface area contributed by atoms with Gasteiger partial charge < -0.3 is 64.2 Å². The van der Waals surface area contributed by atoms with Crippen LogP contribution < -0.4 is 28.9 Å². The van der Waals surface area contributed by atoms with Gasteiger partial charge in [0.25, 0.3) is 0 Å². The van der Waals surface area contributed by atoms with Gasteiger partial charge in [-0.3, -0.25) is 0 Å². The van der Waals surface area contributed by atoms with Gasteiger partial charge in [0.1, 0.15) is 22.1 Å². The fourth-order valence-corrected chi connectivity index (χ4v) is 10.3. The zero-order valence-electron chi connectivity index (χ0n) is 50.6. The molecule has 5 aromatic heterocycles. The van der Waals surface area contributed by atoms with E-state index in [-0.39, 0.29) is 28.4 Å². The number of phenols is 3. The monoisotopic (exact) mass is 1250 g/mol. The van der Waals surface area contributed by atoms with Gasteiger partial charge in [0.2, 0.25) is 0 Å². The van der Waals surface area contributed by atoms with Crippen molar-refractivity contribution < 1.29 is 51.3 Å². The molecule has 3 N–H and O–H groups in total. The Morgan fingerprint density at radius 3 is 0.878 bits per heavy atom. The number of benzene rings is 7. The quantitative estimate of drug-likeness (QED) is 0.0532. The molecule has 2 aliphatic heterocycles. The van der Waals surface area contributed by atoms with Gasteiger partial charge in [0, 0.05) is 75.2 Å². The van der Waals surface area contributed by atoms with E-state index in [9.17, 15) is 15.3 Å². The van der Waals surface area contributed by atoms with Gasteiger partial charge in [-0.05, 0) is 47.2 Å². The Morgan fingerprint density at radius 2 is 0.622 bits per heavy atom. The van der Waals surface area contributed by atoms with E-state index in [1.165, 1.54) is 0 Å². The van der Waals surface area contributed by atoms with Crippen LogP contribution in [-0.4, -0.2) is 102 Å². The van der Waals surface area contributed by atoms with E-state index in [0.29, 0.717) is 117 Å². The van der Waals surface area contributed by atoms with Crippen LogP contribution in [0.4, 0.5) is 0 Å². The second-order valence-corrected chi connectivity index (χ2v) is 21.0. The molecule has 0 unspecified atom stereocenters. The zero-order chi connectivity index (χ0) is 61.5. The first-order valence-electron chi connectivity index (χ1n) is 30.4. The van der Waals surface area contributed by atoms with E-state index >= 15 is 0 Å². The van der Waals surface area contributed by atoms with Gasteiger partial charge in [-0.2, -0.15) is 0 Å². The van der Waals surface area contributed by atoms with E-state index in [0.717, 1.165) is 111 Å². The van der Waals surface area contributed by atoms with E-state index < -0.39 is 17.2 Å². The number of aromatic nitrogens is 14. The average molecular weight is 1250 g/mol. The van der Waals surface area contributed by atoms with Crippen molar-refractivity contribution in [2.45, 2.75) is 92.9 Å². The van der Waals surface area contributed by atoms with Crippen LogP contribution in [0.3, 0.4) is 0 Å². The van der Waals surface area contributed by atoms with Crippen LogP contribution in [0.5, 0.6) is 40.2 Å². The number of hydrogen-bond donors (Lipinski definition) is 3. The average Bonchev–Trinajstić information content (AvgIpc) is 1.63. The summed E-state index contributed by atoms with van der Waals surface area (Å²) in [5.74, 6) is 2.95. The van der Waals surface area contributed by atoms with E-state index in [1.807, 2.05) is 111 Å². The van der Waals surface area contributed by atoms with Gasteiger partial charge in [0.05, 0.1) is 49.7 Å². The Morgan fingerprint density at radius 1 is 0.367 bits per heavy atom. The summed E-state index contributed by atoms with van der Waals surface area (Å²) < 4.78 is 24.0. The Kier molecular flexibility index (Phi) is 18.8. The van der Waals surface area contributed by atoms with E-state index in [4.69, 9.17) is 58.8 Å². The second-order valence-electron chi connectivity index (χ2n) is 21.0. The molecule has 14 rings (SSSR count). The van der Waals surface area contributed by atoms with Gasteiger partial charge in [-0.25, -0.2) is 9.97 Å². The summed E-state index contributed by atoms with van der Waals surface area (Å²) in [6, 6.07) is 39.8. The number of fused-ring (bicyclic) bond motifs is 22. The van der Waals surface area contributed by atoms with Crippen molar-refractivity contribution in [3.8, 4) is 97.2 Å². The molecular formula is C68H66CuN14O7. The number of ether oxygens (including phenoxy) is 4. The molecule has 7 heterocycles. The van der Waals surface area contributed by atoms with Crippen LogP contribution in [-0.2, 0) is 17.1 Å². The Bertz CT molecular complexity index is 4210. The fourth-order valence-electron chi connectivity index (χ4n) is 10.3. The molecule has 1 radical (unpaired) electrons. The maximum atomic E-state index is 11.5. The van der Waals surface area contributed by atoms with Crippen LogP contribution in [0.15, 0.2) is 127 Å². The predicted molar refractivity (Wildman–Crippen MR) is 343 cm³/mol. The van der Waals surface area contributed by atoms with E-state index in [2.05, 4.69) is 48.1 Å². The molecule has 0 saturated carbocycles. The maximum Gasteiger partial charge on any atom is 2.00 e. The normalized spacial score (nSPS) is 11.4. The van der Waals surface area contributed by atoms with Crippen molar-refractivity contribution in [3.63, 3.8) is 0 Å². The number of hydrogen-bond acceptors (Lipinski definition) is 17. The zero-order valence-corrected chi connectivity index (χ0v) is 51.6. The standard InChI is InChI=1S/C34H44N6O7.C32H16N8.C2H6.Cu/c1-5-9-13-44-28-17-22-23(18-29(28)45-14-10-6-2)36-39(35-22)32-26(41)21-27(42)33(34(32)43)40-37-24-19-30(46-15-11-7-3)31(20-25(24)38-40)47-16-12-8-4;1-2-10-18-17(9-1)25-33-26(18)38-28-21-13-5-6-14-22(21)30(35-28)40-32-24-16-8-7-15-23(24)31(36-32)39-29-20-12-4-3-11-19(20)27(34-29)37-25;1-2;/h17-21,41-43H,5-16H2,1-4H3;1-16H;1-2H3;/q;-2;;+2. The fraction of sp³-hybridized carbons (Fsp3) is 0.265. The number of phenolic OH excluding ortho intramolecular Hbond substituents is 3. The van der Waals surface area contributed by atoms with Crippen LogP contribution in [0.2, 0.25) is 0 Å². The first-order valence-corrected chi connectivity index (χ1v) is 30.4. The molecule has 0 spiro atoms. The molecular weight excluding hydrogens is 1190 g/mol. The molecule has 461 valence electrons. The smallest absolute Gasteiger partial charge is 0.505 e. The third-order valence-corrected chi connectivity index (χ3v) is 14.9. The van der Waals surface area contributed by atoms with Crippen LogP contribution in [0, 0.1) is 0 Å². The Hall–Kier alpha value is -10.2. The summed E-state index contributed by atoms with van der Waals surface area (Å²) in [6.07, 6.45) is 7.46. The van der Waals surface area contributed by atoms with E-state index in [1.54, 1.807) is 24.3 Å². The SMILES string of the molecule is CC.CCCCOc1cc2nn(-c3c(O)cc(O)c(-n4nc5cc(OCCCC)c(OCCCC)cc5n4)c3O)nc2cc1OCCCC.[Cu+2].c1ccc2c(c1)-c1nc-2nc2[n-]c(nc3nc(nc4[n-]c(n1)c1ccccc41)-c1ccccc1-3)c1ccccc21.